The van der Waals surface area contributed by atoms with Gasteiger partial charge in [0.2, 0.25) is 0 Å². The van der Waals surface area contributed by atoms with Crippen molar-refractivity contribution in [3.05, 3.63) is 51.4 Å². The first kappa shape index (κ1) is 13.8. The van der Waals surface area contributed by atoms with Gasteiger partial charge in [0.1, 0.15) is 5.01 Å². The van der Waals surface area contributed by atoms with Gasteiger partial charge in [0.25, 0.3) is 0 Å². The minimum atomic E-state index is -0.234. The smallest absolute Gasteiger partial charge is 0.315 e. The zero-order valence-electron chi connectivity index (χ0n) is 10.4. The van der Waals surface area contributed by atoms with Crippen molar-refractivity contribution in [1.82, 2.24) is 15.6 Å². The second-order valence-corrected chi connectivity index (χ2v) is 5.34. The van der Waals surface area contributed by atoms with Crippen molar-refractivity contribution >= 4 is 29.0 Å². The molecule has 0 aliphatic rings. The molecule has 0 radical (unpaired) electrons. The number of nitrogens with zero attached hydrogens (tertiary/aromatic N) is 1. The molecule has 0 fully saturated rings. The van der Waals surface area contributed by atoms with E-state index in [0.717, 1.165) is 10.6 Å². The summed E-state index contributed by atoms with van der Waals surface area (Å²) in [6.07, 6.45) is 1.72. The number of benzene rings is 1. The first-order chi connectivity index (χ1) is 9.16. The molecule has 1 atom stereocenters. The Balaban J connectivity index is 1.84. The van der Waals surface area contributed by atoms with Gasteiger partial charge in [-0.1, -0.05) is 29.8 Å². The summed E-state index contributed by atoms with van der Waals surface area (Å²) in [5, 5.41) is 9.02. The molecule has 0 spiro atoms. The average Bonchev–Trinajstić information content (AvgIpc) is 2.91. The van der Waals surface area contributed by atoms with Gasteiger partial charge in [0.15, 0.2) is 0 Å². The highest BCUT2D eigenvalue weighted by Gasteiger charge is 2.11. The summed E-state index contributed by atoms with van der Waals surface area (Å²) in [7, 11) is 0. The van der Waals surface area contributed by atoms with Crippen LogP contribution in [0.15, 0.2) is 35.8 Å². The minimum Gasteiger partial charge on any atom is -0.334 e. The van der Waals surface area contributed by atoms with Crippen molar-refractivity contribution in [2.75, 3.05) is 0 Å². The van der Waals surface area contributed by atoms with Gasteiger partial charge in [-0.15, -0.1) is 11.3 Å². The number of amides is 2. The molecule has 0 aliphatic heterocycles. The summed E-state index contributed by atoms with van der Waals surface area (Å²) in [5.74, 6) is 0. The molecular formula is C13H14ClN3OS. The molecule has 1 heterocycles. The van der Waals surface area contributed by atoms with Gasteiger partial charge in [-0.25, -0.2) is 9.78 Å². The third kappa shape index (κ3) is 3.94. The topological polar surface area (TPSA) is 54.0 Å². The zero-order valence-corrected chi connectivity index (χ0v) is 12.0. The fourth-order valence-corrected chi connectivity index (χ4v) is 2.42. The highest BCUT2D eigenvalue weighted by atomic mass is 35.5. The normalized spacial score (nSPS) is 11.9. The van der Waals surface area contributed by atoms with Crippen molar-refractivity contribution in [1.29, 1.82) is 0 Å². The highest BCUT2D eigenvalue weighted by molar-refractivity contribution is 7.09. The van der Waals surface area contributed by atoms with Crippen LogP contribution in [0.2, 0.25) is 5.02 Å². The molecule has 4 nitrogen and oxygen atoms in total. The largest absolute Gasteiger partial charge is 0.334 e. The van der Waals surface area contributed by atoms with Crippen molar-refractivity contribution in [3.63, 3.8) is 0 Å². The van der Waals surface area contributed by atoms with E-state index in [2.05, 4.69) is 15.6 Å². The maximum absolute atomic E-state index is 11.7. The number of aromatic nitrogens is 1. The average molecular weight is 296 g/mol. The molecule has 2 rings (SSSR count). The molecule has 100 valence electrons. The number of thiazole rings is 1. The van der Waals surface area contributed by atoms with Crippen molar-refractivity contribution in [2.45, 2.75) is 19.5 Å². The van der Waals surface area contributed by atoms with E-state index in [1.807, 2.05) is 30.5 Å². The summed E-state index contributed by atoms with van der Waals surface area (Å²) >= 11 is 7.53. The molecule has 1 aromatic carbocycles. The molecule has 2 aromatic rings. The molecule has 2 N–H and O–H groups in total. The first-order valence-electron chi connectivity index (χ1n) is 5.84. The van der Waals surface area contributed by atoms with Gasteiger partial charge in [0, 0.05) is 23.1 Å². The third-order valence-corrected chi connectivity index (χ3v) is 3.89. The van der Waals surface area contributed by atoms with Crippen LogP contribution in [0.3, 0.4) is 0 Å². The third-order valence-electron chi connectivity index (χ3n) is 2.57. The van der Waals surface area contributed by atoms with E-state index in [1.165, 1.54) is 11.3 Å². The summed E-state index contributed by atoms with van der Waals surface area (Å²) < 4.78 is 0. The van der Waals surface area contributed by atoms with Crippen LogP contribution >= 0.6 is 22.9 Å². The number of rotatable bonds is 4. The second-order valence-electron chi connectivity index (χ2n) is 4.01. The Morgan fingerprint density at radius 3 is 2.95 bits per heavy atom. The lowest BCUT2D eigenvalue weighted by molar-refractivity contribution is 0.237. The maximum atomic E-state index is 11.7. The van der Waals surface area contributed by atoms with E-state index in [4.69, 9.17) is 11.6 Å². The Labute approximate surface area is 120 Å². The molecule has 0 saturated heterocycles. The summed E-state index contributed by atoms with van der Waals surface area (Å²) in [4.78, 5) is 15.9. The molecular weight excluding hydrogens is 282 g/mol. The van der Waals surface area contributed by atoms with Crippen LogP contribution < -0.4 is 10.6 Å². The maximum Gasteiger partial charge on any atom is 0.315 e. The molecule has 19 heavy (non-hydrogen) atoms. The highest BCUT2D eigenvalue weighted by Crippen LogP contribution is 2.15. The van der Waals surface area contributed by atoms with E-state index in [0.29, 0.717) is 11.6 Å². The van der Waals surface area contributed by atoms with Crippen LogP contribution in [0.5, 0.6) is 0 Å². The number of nitrogens with one attached hydrogen (secondary N) is 2. The first-order valence-corrected chi connectivity index (χ1v) is 7.09. The SMILES string of the molecule is CC(NC(=O)NCc1ccccc1Cl)c1nccs1. The Bertz CT molecular complexity index is 545. The van der Waals surface area contributed by atoms with Gasteiger partial charge in [0.05, 0.1) is 6.04 Å². The van der Waals surface area contributed by atoms with Crippen molar-refractivity contribution in [3.8, 4) is 0 Å². The van der Waals surface area contributed by atoms with Crippen LogP contribution in [-0.4, -0.2) is 11.0 Å². The number of carbonyl (C=O) groups excluding carboxylic acids is 1. The second kappa shape index (κ2) is 6.54. The van der Waals surface area contributed by atoms with E-state index < -0.39 is 0 Å². The monoisotopic (exact) mass is 295 g/mol. The lowest BCUT2D eigenvalue weighted by Gasteiger charge is -2.12. The van der Waals surface area contributed by atoms with Crippen LogP contribution in [0.4, 0.5) is 4.79 Å². The zero-order chi connectivity index (χ0) is 13.7. The standard InChI is InChI=1S/C13H14ClN3OS/c1-9(12-15-6-7-19-12)17-13(18)16-8-10-4-2-3-5-11(10)14/h2-7,9H,8H2,1H3,(H2,16,17,18). The number of carbonyl (C=O) groups is 1. The van der Waals surface area contributed by atoms with Gasteiger partial charge in [-0.05, 0) is 18.6 Å². The van der Waals surface area contributed by atoms with Crippen LogP contribution in [0, 0.1) is 0 Å². The van der Waals surface area contributed by atoms with E-state index >= 15 is 0 Å². The molecule has 0 aliphatic carbocycles. The lowest BCUT2D eigenvalue weighted by Crippen LogP contribution is -2.36. The number of urea groups is 1. The summed E-state index contributed by atoms with van der Waals surface area (Å²) in [6, 6.07) is 7.09. The van der Waals surface area contributed by atoms with Crippen LogP contribution in [0.25, 0.3) is 0 Å². The van der Waals surface area contributed by atoms with Gasteiger partial charge in [-0.2, -0.15) is 0 Å². The number of hydrogen-bond acceptors (Lipinski definition) is 3. The molecule has 2 amide bonds. The van der Waals surface area contributed by atoms with Gasteiger partial charge >= 0.3 is 6.03 Å². The van der Waals surface area contributed by atoms with Gasteiger partial charge in [-0.3, -0.25) is 0 Å². The Morgan fingerprint density at radius 2 is 2.26 bits per heavy atom. The fourth-order valence-electron chi connectivity index (χ4n) is 1.58. The predicted molar refractivity (Wildman–Crippen MR) is 77.4 cm³/mol. The molecule has 0 bridgehead atoms. The van der Waals surface area contributed by atoms with Crippen LogP contribution in [-0.2, 0) is 6.54 Å². The van der Waals surface area contributed by atoms with Crippen LogP contribution in [0.1, 0.15) is 23.5 Å². The van der Waals surface area contributed by atoms with Crippen molar-refractivity contribution < 1.29 is 4.79 Å². The Kier molecular flexibility index (Phi) is 4.76. The van der Waals surface area contributed by atoms with Gasteiger partial charge < -0.3 is 10.6 Å². The predicted octanol–water partition coefficient (Wildman–Crippen LogP) is 3.36. The number of halogens is 1. The molecule has 1 aromatic heterocycles. The van der Waals surface area contributed by atoms with E-state index in [9.17, 15) is 4.79 Å². The number of hydrogen-bond donors (Lipinski definition) is 2. The fraction of sp³-hybridized carbons (Fsp3) is 0.231. The lowest BCUT2D eigenvalue weighted by atomic mass is 10.2. The van der Waals surface area contributed by atoms with E-state index in [-0.39, 0.29) is 12.1 Å². The summed E-state index contributed by atoms with van der Waals surface area (Å²) in [5.41, 5.74) is 0.890. The summed E-state index contributed by atoms with van der Waals surface area (Å²) in [6.45, 7) is 2.30. The van der Waals surface area contributed by atoms with Crippen molar-refractivity contribution in [2.24, 2.45) is 0 Å². The Hall–Kier alpha value is -1.59. The molecule has 1 unspecified atom stereocenters. The molecule has 0 saturated carbocycles. The Morgan fingerprint density at radius 1 is 1.47 bits per heavy atom. The minimum absolute atomic E-state index is 0.105. The quantitative estimate of drug-likeness (QED) is 0.909. The van der Waals surface area contributed by atoms with E-state index in [1.54, 1.807) is 12.3 Å². The molecule has 6 heteroatoms.